The minimum absolute atomic E-state index is 0.157. The summed E-state index contributed by atoms with van der Waals surface area (Å²) >= 11 is 24.3. The van der Waals surface area contributed by atoms with Crippen molar-refractivity contribution in [2.45, 2.75) is 39.5 Å². The van der Waals surface area contributed by atoms with Gasteiger partial charge in [0, 0.05) is 26.3 Å². The normalized spacial score (nSPS) is 10.4. The molecule has 11 heteroatoms. The lowest BCUT2D eigenvalue weighted by Gasteiger charge is -2.09. The summed E-state index contributed by atoms with van der Waals surface area (Å²) in [5, 5.41) is 5.87. The Morgan fingerprint density at radius 1 is 0.771 bits per heavy atom. The van der Waals surface area contributed by atoms with E-state index in [0.717, 1.165) is 62.5 Å². The predicted octanol–water partition coefficient (Wildman–Crippen LogP) is 8.70. The molecule has 3 N–H and O–H groups in total. The molecule has 0 atom stereocenters. The molecule has 0 amide bonds. The zero-order chi connectivity index (χ0) is 25.8. The van der Waals surface area contributed by atoms with Gasteiger partial charge in [-0.1, -0.05) is 50.4 Å². The van der Waals surface area contributed by atoms with Crippen molar-refractivity contribution in [3.05, 3.63) is 61.1 Å². The molecule has 0 fully saturated rings. The Bertz CT molecular complexity index is 1240. The molecule has 188 valence electrons. The number of nitrogens with one attached hydrogen (secondary N) is 1. The van der Waals surface area contributed by atoms with Gasteiger partial charge in [-0.2, -0.15) is 0 Å². The van der Waals surface area contributed by atoms with Crippen molar-refractivity contribution in [2.75, 3.05) is 18.4 Å². The maximum Gasteiger partial charge on any atom is 0.224 e. The number of rotatable bonds is 6. The van der Waals surface area contributed by atoms with Gasteiger partial charge in [-0.25, -0.2) is 19.9 Å². The van der Waals surface area contributed by atoms with Gasteiger partial charge in [0.05, 0.1) is 11.0 Å². The van der Waals surface area contributed by atoms with Crippen LogP contribution in [0.2, 0.25) is 15.7 Å². The third-order valence-corrected chi connectivity index (χ3v) is 6.54. The zero-order valence-corrected chi connectivity index (χ0v) is 24.9. The smallest absolute Gasteiger partial charge is 0.224 e. The number of hydrogen-bond acceptors (Lipinski definition) is 6. The van der Waals surface area contributed by atoms with Crippen molar-refractivity contribution in [3.63, 3.8) is 0 Å². The quantitative estimate of drug-likeness (QED) is 0.122. The van der Waals surface area contributed by atoms with Gasteiger partial charge in [-0.05, 0) is 98.7 Å². The van der Waals surface area contributed by atoms with E-state index in [4.69, 9.17) is 40.5 Å². The van der Waals surface area contributed by atoms with Crippen LogP contribution in [-0.4, -0.2) is 33.0 Å². The second-order valence-electron chi connectivity index (χ2n) is 7.32. The number of nitrogens with two attached hydrogens (primary N) is 1. The summed E-state index contributed by atoms with van der Waals surface area (Å²) < 4.78 is 1.79. The molecule has 0 saturated heterocycles. The molecule has 35 heavy (non-hydrogen) atoms. The van der Waals surface area contributed by atoms with E-state index >= 15 is 0 Å². The SMILES string of the molecule is CCCCN.CCCCNc1nc(Cl)nc2c(Br)cccc12.Clc1nc(Cl)c2cccc(Br)c2n1. The number of anilines is 1. The predicted molar refractivity (Wildman–Crippen MR) is 157 cm³/mol. The van der Waals surface area contributed by atoms with Gasteiger partial charge < -0.3 is 11.1 Å². The first kappa shape index (κ1) is 29.9. The summed E-state index contributed by atoms with van der Waals surface area (Å²) in [6, 6.07) is 11.5. The van der Waals surface area contributed by atoms with Gasteiger partial charge in [0.25, 0.3) is 0 Å². The summed E-state index contributed by atoms with van der Waals surface area (Å²) in [6.07, 6.45) is 4.64. The molecule has 0 unspecified atom stereocenters. The van der Waals surface area contributed by atoms with E-state index in [0.29, 0.717) is 5.15 Å². The van der Waals surface area contributed by atoms with Crippen molar-refractivity contribution < 1.29 is 0 Å². The molecule has 0 aliphatic heterocycles. The number of hydrogen-bond donors (Lipinski definition) is 2. The molecular weight excluding hydrogens is 638 g/mol. The summed E-state index contributed by atoms with van der Waals surface area (Å²) in [5.41, 5.74) is 6.71. The molecule has 2 aromatic heterocycles. The number of fused-ring (bicyclic) bond motifs is 2. The molecule has 2 heterocycles. The molecule has 0 saturated carbocycles. The highest BCUT2D eigenvalue weighted by molar-refractivity contribution is 9.11. The summed E-state index contributed by atoms with van der Waals surface area (Å²) in [7, 11) is 0. The molecule has 0 spiro atoms. The lowest BCUT2D eigenvalue weighted by molar-refractivity contribution is 0.807. The average Bonchev–Trinajstić information content (AvgIpc) is 2.82. The average molecular weight is 666 g/mol. The van der Waals surface area contributed by atoms with E-state index in [2.05, 4.69) is 71.0 Å². The van der Waals surface area contributed by atoms with Gasteiger partial charge in [0.2, 0.25) is 10.6 Å². The highest BCUT2D eigenvalue weighted by Crippen LogP contribution is 2.28. The Morgan fingerprint density at radius 3 is 1.86 bits per heavy atom. The number of halogens is 5. The Labute approximate surface area is 237 Å². The molecule has 2 aromatic carbocycles. The number of aromatic nitrogens is 4. The number of nitrogens with zero attached hydrogens (tertiary/aromatic N) is 4. The lowest BCUT2D eigenvalue weighted by atomic mass is 10.2. The summed E-state index contributed by atoms with van der Waals surface area (Å²) in [5.74, 6) is 0.801. The van der Waals surface area contributed by atoms with E-state index in [1.165, 1.54) is 12.8 Å². The molecule has 4 rings (SSSR count). The third-order valence-electron chi connectivity index (χ3n) is 4.63. The van der Waals surface area contributed by atoms with Crippen LogP contribution in [-0.2, 0) is 0 Å². The van der Waals surface area contributed by atoms with Crippen molar-refractivity contribution in [3.8, 4) is 0 Å². The van der Waals surface area contributed by atoms with Gasteiger partial charge in [0.1, 0.15) is 11.0 Å². The Hall–Kier alpha value is -1.29. The van der Waals surface area contributed by atoms with E-state index in [9.17, 15) is 0 Å². The van der Waals surface area contributed by atoms with Crippen molar-refractivity contribution in [2.24, 2.45) is 5.73 Å². The Morgan fingerprint density at radius 2 is 1.31 bits per heavy atom. The van der Waals surface area contributed by atoms with E-state index in [1.54, 1.807) is 0 Å². The minimum Gasteiger partial charge on any atom is -0.369 e. The van der Waals surface area contributed by atoms with Crippen LogP contribution in [0.5, 0.6) is 0 Å². The molecule has 0 radical (unpaired) electrons. The molecule has 0 bridgehead atoms. The van der Waals surface area contributed by atoms with E-state index < -0.39 is 0 Å². The van der Waals surface area contributed by atoms with Crippen molar-refractivity contribution in [1.82, 2.24) is 19.9 Å². The van der Waals surface area contributed by atoms with Crippen LogP contribution in [0.25, 0.3) is 21.8 Å². The van der Waals surface area contributed by atoms with E-state index in [1.807, 2.05) is 36.4 Å². The Kier molecular flexibility index (Phi) is 13.5. The highest BCUT2D eigenvalue weighted by Gasteiger charge is 2.08. The highest BCUT2D eigenvalue weighted by atomic mass is 79.9. The second kappa shape index (κ2) is 15.7. The molecular formula is C24H27Br2Cl3N6. The number of benzene rings is 2. The van der Waals surface area contributed by atoms with Gasteiger partial charge >= 0.3 is 0 Å². The summed E-state index contributed by atoms with van der Waals surface area (Å²) in [6.45, 7) is 6.03. The first-order valence-corrected chi connectivity index (χ1v) is 13.9. The molecule has 0 aliphatic carbocycles. The monoisotopic (exact) mass is 662 g/mol. The van der Waals surface area contributed by atoms with Gasteiger partial charge in [-0.3, -0.25) is 0 Å². The third kappa shape index (κ3) is 9.26. The van der Waals surface area contributed by atoms with Crippen molar-refractivity contribution in [1.29, 1.82) is 0 Å². The second-order valence-corrected chi connectivity index (χ2v) is 10.1. The molecule has 6 nitrogen and oxygen atoms in total. The zero-order valence-electron chi connectivity index (χ0n) is 19.5. The van der Waals surface area contributed by atoms with Crippen LogP contribution >= 0.6 is 66.7 Å². The minimum atomic E-state index is 0.157. The fourth-order valence-electron chi connectivity index (χ4n) is 2.87. The fourth-order valence-corrected chi connectivity index (χ4v) is 4.39. The standard InChI is InChI=1S/C12H13BrClN3.C8H3BrCl2N2.C4H11N/c1-2-3-7-15-11-8-5-4-6-9(13)10(8)16-12(14)17-11;9-5-3-1-2-4-6(5)12-8(11)13-7(4)10;1-2-3-4-5/h4-6H,2-3,7H2,1H3,(H,15,16,17);1-3H;2-5H2,1H3. The number of unbranched alkanes of at least 4 members (excludes halogenated alkanes) is 2. The van der Waals surface area contributed by atoms with Crippen LogP contribution < -0.4 is 11.1 Å². The topological polar surface area (TPSA) is 89.6 Å². The molecule has 4 aromatic rings. The largest absolute Gasteiger partial charge is 0.369 e. The first-order valence-electron chi connectivity index (χ1n) is 11.1. The van der Waals surface area contributed by atoms with Crippen LogP contribution in [0, 0.1) is 0 Å². The number of para-hydroxylation sites is 2. The van der Waals surface area contributed by atoms with Crippen LogP contribution in [0.4, 0.5) is 5.82 Å². The maximum absolute atomic E-state index is 5.93. The summed E-state index contributed by atoms with van der Waals surface area (Å²) in [4.78, 5) is 16.4. The van der Waals surface area contributed by atoms with Crippen LogP contribution in [0.1, 0.15) is 39.5 Å². The lowest BCUT2D eigenvalue weighted by Crippen LogP contribution is -2.04. The van der Waals surface area contributed by atoms with Crippen LogP contribution in [0.15, 0.2) is 45.3 Å². The molecule has 0 aliphatic rings. The van der Waals surface area contributed by atoms with Gasteiger partial charge in [-0.15, -0.1) is 0 Å². The Balaban J connectivity index is 0.000000212. The van der Waals surface area contributed by atoms with E-state index in [-0.39, 0.29) is 10.6 Å². The fraction of sp³-hybridized carbons (Fsp3) is 0.333. The van der Waals surface area contributed by atoms with Crippen LogP contribution in [0.3, 0.4) is 0 Å². The van der Waals surface area contributed by atoms with Crippen molar-refractivity contribution >= 4 is 94.3 Å². The maximum atomic E-state index is 5.93. The van der Waals surface area contributed by atoms with Gasteiger partial charge in [0.15, 0.2) is 0 Å². The first-order chi connectivity index (χ1) is 16.8.